The third-order valence-electron chi connectivity index (χ3n) is 2.29. The van der Waals surface area contributed by atoms with Crippen molar-refractivity contribution in [1.82, 2.24) is 9.78 Å². The third-order valence-corrected chi connectivity index (χ3v) is 2.29. The van der Waals surface area contributed by atoms with Gasteiger partial charge in [-0.1, -0.05) is 0 Å². The third kappa shape index (κ3) is 2.51. The summed E-state index contributed by atoms with van der Waals surface area (Å²) in [6, 6.07) is 0. The van der Waals surface area contributed by atoms with Gasteiger partial charge in [0.1, 0.15) is 0 Å². The maximum absolute atomic E-state index is 11.7. The zero-order valence-electron chi connectivity index (χ0n) is 8.55. The fourth-order valence-electron chi connectivity index (χ4n) is 1.23. The topological polar surface area (TPSA) is 27.1 Å². The second-order valence-corrected chi connectivity index (χ2v) is 3.15. The molecule has 0 saturated heterocycles. The Labute approximate surface area is 81.7 Å². The molecule has 0 spiro atoms. The molecule has 0 saturated carbocycles. The molecule has 0 N–H and O–H groups in total. The number of hydrogen-bond donors (Lipinski definition) is 0. The van der Waals surface area contributed by atoms with Gasteiger partial charge < -0.3 is 4.74 Å². The number of alkyl halides is 2. The van der Waals surface area contributed by atoms with Gasteiger partial charge in [0.15, 0.2) is 0 Å². The highest BCUT2D eigenvalue weighted by atomic mass is 19.3. The minimum atomic E-state index is -2.70. The summed E-state index contributed by atoms with van der Waals surface area (Å²) in [5, 5.41) is 4.20. The van der Waals surface area contributed by atoms with Crippen LogP contribution in [0.4, 0.5) is 8.78 Å². The molecule has 0 aliphatic carbocycles. The summed E-state index contributed by atoms with van der Waals surface area (Å²) in [4.78, 5) is 0. The minimum Gasteiger partial charge on any atom is -0.321 e. The average Bonchev–Trinajstić information content (AvgIpc) is 2.33. The first kappa shape index (κ1) is 11.1. The molecule has 14 heavy (non-hydrogen) atoms. The second kappa shape index (κ2) is 4.50. The smallest absolute Gasteiger partial charge is 0.321 e. The van der Waals surface area contributed by atoms with Crippen LogP contribution >= 0.6 is 0 Å². The summed E-state index contributed by atoms with van der Waals surface area (Å²) in [6.07, 6.45) is 0. The van der Waals surface area contributed by atoms with Crippen molar-refractivity contribution in [2.45, 2.75) is 33.9 Å². The van der Waals surface area contributed by atoms with Gasteiger partial charge in [-0.2, -0.15) is 13.9 Å². The molecule has 0 aliphatic heterocycles. The summed E-state index contributed by atoms with van der Waals surface area (Å²) in [7, 11) is 0. The van der Waals surface area contributed by atoms with E-state index in [1.165, 1.54) is 0 Å². The van der Waals surface area contributed by atoms with E-state index in [0.29, 0.717) is 6.54 Å². The zero-order valence-corrected chi connectivity index (χ0v) is 8.55. The highest BCUT2D eigenvalue weighted by molar-refractivity contribution is 5.21. The van der Waals surface area contributed by atoms with E-state index >= 15 is 0 Å². The van der Waals surface area contributed by atoms with Crippen LogP contribution in [0.15, 0.2) is 0 Å². The Bertz CT molecular complexity index is 310. The molecule has 0 aliphatic rings. The van der Waals surface area contributed by atoms with E-state index in [2.05, 4.69) is 9.84 Å². The molecule has 1 heterocycles. The predicted molar refractivity (Wildman–Crippen MR) is 48.4 cm³/mol. The molecule has 1 rings (SSSR count). The lowest BCUT2D eigenvalue weighted by Gasteiger charge is -2.04. The molecule has 5 heteroatoms. The molecule has 0 bridgehead atoms. The number of rotatable bonds is 4. The normalized spacial score (nSPS) is 11.3. The zero-order chi connectivity index (χ0) is 10.7. The van der Waals surface area contributed by atoms with E-state index in [4.69, 9.17) is 0 Å². The molecule has 0 aromatic carbocycles. The average molecular weight is 204 g/mol. The van der Waals surface area contributed by atoms with Crippen LogP contribution in [0.2, 0.25) is 0 Å². The Kier molecular flexibility index (Phi) is 3.57. The largest absolute Gasteiger partial charge is 0.345 e. The minimum absolute atomic E-state index is 0.0148. The Hall–Kier alpha value is -0.970. The maximum atomic E-state index is 11.7. The number of aromatic nitrogens is 2. The maximum Gasteiger partial charge on any atom is 0.345 e. The van der Waals surface area contributed by atoms with Crippen LogP contribution in [0.3, 0.4) is 0 Å². The molecule has 0 atom stereocenters. The van der Waals surface area contributed by atoms with Crippen molar-refractivity contribution in [3.05, 3.63) is 17.0 Å². The van der Waals surface area contributed by atoms with Crippen molar-refractivity contribution in [2.75, 3.05) is 6.61 Å². The molecule has 80 valence electrons. The Morgan fingerprint density at radius 3 is 2.43 bits per heavy atom. The lowest BCUT2D eigenvalue weighted by Crippen LogP contribution is -2.11. The van der Waals surface area contributed by atoms with Crippen molar-refractivity contribution < 1.29 is 13.5 Å². The first-order valence-corrected chi connectivity index (χ1v) is 4.42. The van der Waals surface area contributed by atoms with Gasteiger partial charge in [0.25, 0.3) is 0 Å². The van der Waals surface area contributed by atoms with Gasteiger partial charge in [0, 0.05) is 5.69 Å². The van der Waals surface area contributed by atoms with Crippen molar-refractivity contribution in [3.8, 4) is 0 Å². The standard InChI is InChI=1S/C9H14F2N2O/c1-6-7(2)12-13(8(6)3)4-5-14-9(10)11/h9H,4-5H2,1-3H3. The van der Waals surface area contributed by atoms with Crippen molar-refractivity contribution in [2.24, 2.45) is 0 Å². The van der Waals surface area contributed by atoms with E-state index in [9.17, 15) is 8.78 Å². The van der Waals surface area contributed by atoms with Crippen LogP contribution in [0, 0.1) is 20.8 Å². The fourth-order valence-corrected chi connectivity index (χ4v) is 1.23. The lowest BCUT2D eigenvalue weighted by molar-refractivity contribution is -0.130. The van der Waals surface area contributed by atoms with Gasteiger partial charge in [-0.25, -0.2) is 0 Å². The molecule has 0 unspecified atom stereocenters. The SMILES string of the molecule is Cc1nn(CCOC(F)F)c(C)c1C. The van der Waals surface area contributed by atoms with Crippen LogP contribution in [-0.4, -0.2) is 23.0 Å². The van der Waals surface area contributed by atoms with Crippen molar-refractivity contribution in [3.63, 3.8) is 0 Å². The molecule has 3 nitrogen and oxygen atoms in total. The summed E-state index contributed by atoms with van der Waals surface area (Å²) < 4.78 is 29.2. The number of hydrogen-bond acceptors (Lipinski definition) is 2. The molecule has 1 aromatic heterocycles. The van der Waals surface area contributed by atoms with Gasteiger partial charge in [-0.05, 0) is 26.3 Å². The van der Waals surface area contributed by atoms with Crippen molar-refractivity contribution >= 4 is 0 Å². The summed E-state index contributed by atoms with van der Waals surface area (Å²) in [6.45, 7) is 3.42. The predicted octanol–water partition coefficient (Wildman–Crippen LogP) is 2.05. The Balaban J connectivity index is 2.55. The van der Waals surface area contributed by atoms with E-state index in [0.717, 1.165) is 17.0 Å². The molecule has 0 radical (unpaired) electrons. The quantitative estimate of drug-likeness (QED) is 0.750. The Morgan fingerprint density at radius 2 is 2.00 bits per heavy atom. The number of ether oxygens (including phenoxy) is 1. The highest BCUT2D eigenvalue weighted by Gasteiger charge is 2.07. The fraction of sp³-hybridized carbons (Fsp3) is 0.667. The number of nitrogens with zero attached hydrogens (tertiary/aromatic N) is 2. The first-order chi connectivity index (χ1) is 6.52. The van der Waals surface area contributed by atoms with Crippen LogP contribution in [-0.2, 0) is 11.3 Å². The molecular formula is C9H14F2N2O. The van der Waals surface area contributed by atoms with E-state index in [1.54, 1.807) is 4.68 Å². The number of halogens is 2. The van der Waals surface area contributed by atoms with E-state index in [-0.39, 0.29) is 6.61 Å². The highest BCUT2D eigenvalue weighted by Crippen LogP contribution is 2.10. The van der Waals surface area contributed by atoms with E-state index < -0.39 is 6.61 Å². The van der Waals surface area contributed by atoms with Crippen LogP contribution < -0.4 is 0 Å². The molecule has 1 aromatic rings. The molecule has 0 fully saturated rings. The van der Waals surface area contributed by atoms with Crippen LogP contribution in [0.25, 0.3) is 0 Å². The summed E-state index contributed by atoms with van der Waals surface area (Å²) in [5.41, 5.74) is 3.03. The first-order valence-electron chi connectivity index (χ1n) is 4.42. The Morgan fingerprint density at radius 1 is 1.36 bits per heavy atom. The lowest BCUT2D eigenvalue weighted by atomic mass is 10.2. The summed E-state index contributed by atoms with van der Waals surface area (Å²) in [5.74, 6) is 0. The monoisotopic (exact) mass is 204 g/mol. The van der Waals surface area contributed by atoms with Crippen LogP contribution in [0.5, 0.6) is 0 Å². The number of aryl methyl sites for hydroxylation is 1. The van der Waals surface area contributed by atoms with Gasteiger partial charge >= 0.3 is 6.61 Å². The van der Waals surface area contributed by atoms with Crippen LogP contribution in [0.1, 0.15) is 17.0 Å². The van der Waals surface area contributed by atoms with Gasteiger partial charge in [0.2, 0.25) is 0 Å². The summed E-state index contributed by atoms with van der Waals surface area (Å²) >= 11 is 0. The van der Waals surface area contributed by atoms with Gasteiger partial charge in [0.05, 0.1) is 18.8 Å². The molecule has 0 amide bonds. The van der Waals surface area contributed by atoms with E-state index in [1.807, 2.05) is 20.8 Å². The molecular weight excluding hydrogens is 190 g/mol. The van der Waals surface area contributed by atoms with Gasteiger partial charge in [-0.15, -0.1) is 0 Å². The second-order valence-electron chi connectivity index (χ2n) is 3.15. The van der Waals surface area contributed by atoms with Crippen molar-refractivity contribution in [1.29, 1.82) is 0 Å². The van der Waals surface area contributed by atoms with Gasteiger partial charge in [-0.3, -0.25) is 4.68 Å².